The Labute approximate surface area is 114 Å². The molecule has 2 aromatic rings. The molecule has 2 unspecified atom stereocenters. The van der Waals surface area contributed by atoms with E-state index < -0.39 is 12.2 Å². The van der Waals surface area contributed by atoms with Gasteiger partial charge in [-0.15, -0.1) is 0 Å². The molecule has 2 aromatic carbocycles. The second-order valence-electron chi connectivity index (χ2n) is 5.17. The normalized spacial score (nSPS) is 14.4. The smallest absolute Gasteiger partial charge is 0.105 e. The third-order valence-electron chi connectivity index (χ3n) is 3.37. The second kappa shape index (κ2) is 6.00. The Bertz CT molecular complexity index is 503. The van der Waals surface area contributed by atoms with Gasteiger partial charge in [0.25, 0.3) is 0 Å². The van der Waals surface area contributed by atoms with Gasteiger partial charge >= 0.3 is 0 Å². The molecule has 0 saturated carbocycles. The Morgan fingerprint density at radius 1 is 0.737 bits per heavy atom. The minimum Gasteiger partial charge on any atom is -0.390 e. The lowest BCUT2D eigenvalue weighted by molar-refractivity contribution is -0.00938. The van der Waals surface area contributed by atoms with E-state index in [1.54, 1.807) is 0 Å². The summed E-state index contributed by atoms with van der Waals surface area (Å²) < 4.78 is 0. The van der Waals surface area contributed by atoms with Crippen LogP contribution in [-0.2, 0) is 0 Å². The number of aliphatic hydroxyl groups excluding tert-OH is 2. The first kappa shape index (κ1) is 13.8. The van der Waals surface area contributed by atoms with E-state index in [0.29, 0.717) is 0 Å². The van der Waals surface area contributed by atoms with Gasteiger partial charge in [0.1, 0.15) is 6.10 Å². The Morgan fingerprint density at radius 2 is 1.26 bits per heavy atom. The van der Waals surface area contributed by atoms with Crippen molar-refractivity contribution in [2.45, 2.75) is 26.1 Å². The van der Waals surface area contributed by atoms with Crippen LogP contribution in [0.4, 0.5) is 0 Å². The Hall–Kier alpha value is -1.64. The highest BCUT2D eigenvalue weighted by atomic mass is 16.3. The van der Waals surface area contributed by atoms with Crippen LogP contribution >= 0.6 is 0 Å². The summed E-state index contributed by atoms with van der Waals surface area (Å²) in [7, 11) is 0. The van der Waals surface area contributed by atoms with Crippen molar-refractivity contribution in [1.29, 1.82) is 0 Å². The molecule has 2 heteroatoms. The SMILES string of the molecule is CC(C)C(O)C(O)c1ccc(-c2ccccc2)cc1. The summed E-state index contributed by atoms with van der Waals surface area (Å²) in [6.07, 6.45) is -1.56. The fraction of sp³-hybridized carbons (Fsp3) is 0.294. The monoisotopic (exact) mass is 256 g/mol. The Balaban J connectivity index is 2.19. The zero-order valence-corrected chi connectivity index (χ0v) is 11.3. The minimum absolute atomic E-state index is 0.0313. The standard InChI is InChI=1S/C17H20O2/c1-12(2)16(18)17(19)15-10-8-14(9-11-15)13-6-4-3-5-7-13/h3-12,16-19H,1-2H3. The number of benzene rings is 2. The van der Waals surface area contributed by atoms with Crippen LogP contribution in [0.1, 0.15) is 25.5 Å². The molecule has 2 rings (SSSR count). The van der Waals surface area contributed by atoms with Gasteiger partial charge in [-0.2, -0.15) is 0 Å². The van der Waals surface area contributed by atoms with Crippen molar-refractivity contribution in [3.05, 3.63) is 60.2 Å². The van der Waals surface area contributed by atoms with E-state index in [1.165, 1.54) is 0 Å². The van der Waals surface area contributed by atoms with Gasteiger partial charge in [-0.3, -0.25) is 0 Å². The Kier molecular flexibility index (Phi) is 4.35. The third-order valence-corrected chi connectivity index (χ3v) is 3.37. The van der Waals surface area contributed by atoms with Crippen LogP contribution in [0.2, 0.25) is 0 Å². The van der Waals surface area contributed by atoms with Crippen molar-refractivity contribution in [2.24, 2.45) is 5.92 Å². The lowest BCUT2D eigenvalue weighted by Gasteiger charge is -2.21. The van der Waals surface area contributed by atoms with Crippen molar-refractivity contribution < 1.29 is 10.2 Å². The number of rotatable bonds is 4. The van der Waals surface area contributed by atoms with Crippen LogP contribution in [0.15, 0.2) is 54.6 Å². The van der Waals surface area contributed by atoms with Gasteiger partial charge in [-0.1, -0.05) is 68.4 Å². The maximum atomic E-state index is 10.1. The van der Waals surface area contributed by atoms with E-state index >= 15 is 0 Å². The summed E-state index contributed by atoms with van der Waals surface area (Å²) >= 11 is 0. The molecule has 0 aliphatic carbocycles. The molecular formula is C17H20O2. The molecule has 2 N–H and O–H groups in total. The van der Waals surface area contributed by atoms with Crippen molar-refractivity contribution >= 4 is 0 Å². The van der Waals surface area contributed by atoms with E-state index in [0.717, 1.165) is 16.7 Å². The van der Waals surface area contributed by atoms with Crippen LogP contribution in [0.25, 0.3) is 11.1 Å². The zero-order valence-electron chi connectivity index (χ0n) is 11.3. The fourth-order valence-corrected chi connectivity index (χ4v) is 2.07. The molecule has 0 aliphatic rings. The molecule has 0 saturated heterocycles. The lowest BCUT2D eigenvalue weighted by Crippen LogP contribution is -2.23. The van der Waals surface area contributed by atoms with Crippen LogP contribution in [-0.4, -0.2) is 16.3 Å². The third kappa shape index (κ3) is 3.22. The van der Waals surface area contributed by atoms with E-state index in [9.17, 15) is 10.2 Å². The first-order chi connectivity index (χ1) is 9.09. The summed E-state index contributed by atoms with van der Waals surface area (Å²) in [6, 6.07) is 17.8. The molecular weight excluding hydrogens is 236 g/mol. The van der Waals surface area contributed by atoms with Crippen molar-refractivity contribution in [1.82, 2.24) is 0 Å². The molecule has 19 heavy (non-hydrogen) atoms. The maximum Gasteiger partial charge on any atom is 0.105 e. The van der Waals surface area contributed by atoms with Gasteiger partial charge in [-0.05, 0) is 22.6 Å². The highest BCUT2D eigenvalue weighted by Gasteiger charge is 2.21. The summed E-state index contributed by atoms with van der Waals surface area (Å²) in [5.41, 5.74) is 3.00. The first-order valence-corrected chi connectivity index (χ1v) is 6.61. The van der Waals surface area contributed by atoms with Crippen molar-refractivity contribution in [3.8, 4) is 11.1 Å². The van der Waals surface area contributed by atoms with Gasteiger partial charge in [0.05, 0.1) is 6.10 Å². The molecule has 2 atom stereocenters. The second-order valence-corrected chi connectivity index (χ2v) is 5.17. The fourth-order valence-electron chi connectivity index (χ4n) is 2.07. The highest BCUT2D eigenvalue weighted by molar-refractivity contribution is 5.63. The van der Waals surface area contributed by atoms with E-state index in [2.05, 4.69) is 0 Å². The van der Waals surface area contributed by atoms with Crippen molar-refractivity contribution in [3.63, 3.8) is 0 Å². The van der Waals surface area contributed by atoms with Crippen LogP contribution in [0, 0.1) is 5.92 Å². The molecule has 0 spiro atoms. The summed E-state index contributed by atoms with van der Waals surface area (Å²) in [5.74, 6) is 0.0313. The molecule has 0 bridgehead atoms. The number of hydrogen-bond acceptors (Lipinski definition) is 2. The predicted molar refractivity (Wildman–Crippen MR) is 77.7 cm³/mol. The average Bonchev–Trinajstić information content (AvgIpc) is 2.46. The van der Waals surface area contributed by atoms with Crippen LogP contribution in [0.5, 0.6) is 0 Å². The van der Waals surface area contributed by atoms with Crippen LogP contribution in [0.3, 0.4) is 0 Å². The summed E-state index contributed by atoms with van der Waals surface area (Å²) in [4.78, 5) is 0. The quantitative estimate of drug-likeness (QED) is 0.880. The summed E-state index contributed by atoms with van der Waals surface area (Å²) in [5, 5.41) is 20.0. The van der Waals surface area contributed by atoms with Gasteiger partial charge in [0, 0.05) is 0 Å². The molecule has 0 aromatic heterocycles. The number of hydrogen-bond donors (Lipinski definition) is 2. The first-order valence-electron chi connectivity index (χ1n) is 6.61. The number of aliphatic hydroxyl groups is 2. The van der Waals surface area contributed by atoms with E-state index in [-0.39, 0.29) is 5.92 Å². The topological polar surface area (TPSA) is 40.5 Å². The molecule has 0 radical (unpaired) electrons. The van der Waals surface area contributed by atoms with Gasteiger partial charge < -0.3 is 10.2 Å². The van der Waals surface area contributed by atoms with Gasteiger partial charge in [0.2, 0.25) is 0 Å². The largest absolute Gasteiger partial charge is 0.390 e. The highest BCUT2D eigenvalue weighted by Crippen LogP contribution is 2.25. The van der Waals surface area contributed by atoms with E-state index in [1.807, 2.05) is 68.4 Å². The molecule has 0 aliphatic heterocycles. The maximum absolute atomic E-state index is 10.1. The van der Waals surface area contributed by atoms with Crippen molar-refractivity contribution in [2.75, 3.05) is 0 Å². The summed E-state index contributed by atoms with van der Waals surface area (Å²) in [6.45, 7) is 3.79. The molecule has 100 valence electrons. The van der Waals surface area contributed by atoms with Gasteiger partial charge in [-0.25, -0.2) is 0 Å². The molecule has 0 amide bonds. The van der Waals surface area contributed by atoms with Gasteiger partial charge in [0.15, 0.2) is 0 Å². The predicted octanol–water partition coefficient (Wildman–Crippen LogP) is 3.40. The lowest BCUT2D eigenvalue weighted by atomic mass is 9.95. The zero-order chi connectivity index (χ0) is 13.8. The minimum atomic E-state index is -0.829. The average molecular weight is 256 g/mol. The van der Waals surface area contributed by atoms with Crippen LogP contribution < -0.4 is 0 Å². The molecule has 0 heterocycles. The molecule has 2 nitrogen and oxygen atoms in total. The Morgan fingerprint density at radius 3 is 1.79 bits per heavy atom. The van der Waals surface area contributed by atoms with E-state index in [4.69, 9.17) is 0 Å². The molecule has 0 fully saturated rings.